The Balaban J connectivity index is 1.50. The third-order valence-corrected chi connectivity index (χ3v) is 6.70. The van der Waals surface area contributed by atoms with Gasteiger partial charge in [0.2, 0.25) is 0 Å². The van der Waals surface area contributed by atoms with Crippen LogP contribution in [0.1, 0.15) is 53.4 Å². The van der Waals surface area contributed by atoms with Gasteiger partial charge < -0.3 is 19.5 Å². The molecular formula is C19H30BN3O2. The van der Waals surface area contributed by atoms with E-state index >= 15 is 0 Å². The van der Waals surface area contributed by atoms with Crippen molar-refractivity contribution in [1.29, 1.82) is 0 Å². The maximum atomic E-state index is 6.13. The fourth-order valence-electron chi connectivity index (χ4n) is 4.46. The summed E-state index contributed by atoms with van der Waals surface area (Å²) in [4.78, 5) is 7.32. The van der Waals surface area contributed by atoms with Gasteiger partial charge >= 0.3 is 7.12 Å². The first kappa shape index (κ1) is 17.3. The highest BCUT2D eigenvalue weighted by molar-refractivity contribution is 6.62. The second kappa shape index (κ2) is 5.97. The molecule has 3 saturated heterocycles. The van der Waals surface area contributed by atoms with E-state index in [0.29, 0.717) is 18.1 Å². The Morgan fingerprint density at radius 3 is 2.16 bits per heavy atom. The van der Waals surface area contributed by atoms with E-state index in [1.165, 1.54) is 25.7 Å². The first-order chi connectivity index (χ1) is 11.8. The molecule has 4 rings (SSSR count). The second-order valence-corrected chi connectivity index (χ2v) is 8.79. The molecule has 5 nitrogen and oxygen atoms in total. The van der Waals surface area contributed by atoms with Crippen LogP contribution in [0.15, 0.2) is 18.3 Å². The third-order valence-electron chi connectivity index (χ3n) is 6.70. The lowest BCUT2D eigenvalue weighted by molar-refractivity contribution is 0.00578. The number of pyridine rings is 1. The minimum atomic E-state index is -0.335. The lowest BCUT2D eigenvalue weighted by atomic mass is 9.80. The summed E-state index contributed by atoms with van der Waals surface area (Å²) in [5.41, 5.74) is 0.370. The average Bonchev–Trinajstić information content (AvgIpc) is 2.96. The van der Waals surface area contributed by atoms with E-state index in [-0.39, 0.29) is 18.3 Å². The Bertz CT molecular complexity index is 604. The molecule has 2 unspecified atom stereocenters. The summed E-state index contributed by atoms with van der Waals surface area (Å²) in [5, 5.41) is 3.46. The van der Waals surface area contributed by atoms with Gasteiger partial charge in [0.15, 0.2) is 0 Å². The van der Waals surface area contributed by atoms with Crippen molar-refractivity contribution >= 4 is 18.4 Å². The van der Waals surface area contributed by atoms with Crippen LogP contribution >= 0.6 is 0 Å². The summed E-state index contributed by atoms with van der Waals surface area (Å²) in [6, 6.07) is 6.15. The zero-order valence-electron chi connectivity index (χ0n) is 16.1. The Kier molecular flexibility index (Phi) is 4.13. The van der Waals surface area contributed by atoms with Gasteiger partial charge in [-0.05, 0) is 66.5 Å². The number of hydrogen-bond acceptors (Lipinski definition) is 5. The standard InChI is InChI=1S/C19H30BN3O2/c1-18(2)19(3,4)25-20(24-18)13-6-9-17(22-12-13)23-15-7-8-16(23)11-14(10-15)21-5/h6,9,12,14-16,21H,7-8,10-11H2,1-5H3. The zero-order valence-corrected chi connectivity index (χ0v) is 16.1. The van der Waals surface area contributed by atoms with Crippen molar-refractivity contribution in [2.75, 3.05) is 11.9 Å². The smallest absolute Gasteiger partial charge is 0.399 e. The molecule has 6 heteroatoms. The number of fused-ring (bicyclic) bond motifs is 2. The minimum Gasteiger partial charge on any atom is -0.399 e. The van der Waals surface area contributed by atoms with Gasteiger partial charge in [-0.3, -0.25) is 0 Å². The van der Waals surface area contributed by atoms with Gasteiger partial charge in [-0.15, -0.1) is 0 Å². The molecule has 3 fully saturated rings. The molecule has 1 aromatic rings. The van der Waals surface area contributed by atoms with Crippen molar-refractivity contribution in [2.45, 2.75) is 82.7 Å². The monoisotopic (exact) mass is 343 g/mol. The number of piperidine rings is 1. The molecule has 0 aromatic carbocycles. The summed E-state index contributed by atoms with van der Waals surface area (Å²) < 4.78 is 12.3. The van der Waals surface area contributed by atoms with Crippen molar-refractivity contribution in [1.82, 2.24) is 10.3 Å². The van der Waals surface area contributed by atoms with Gasteiger partial charge in [-0.1, -0.05) is 6.07 Å². The predicted molar refractivity (Wildman–Crippen MR) is 101 cm³/mol. The van der Waals surface area contributed by atoms with Crippen molar-refractivity contribution in [3.63, 3.8) is 0 Å². The Labute approximate surface area is 151 Å². The van der Waals surface area contributed by atoms with Crippen LogP contribution in [-0.2, 0) is 9.31 Å². The lowest BCUT2D eigenvalue weighted by Gasteiger charge is -2.39. The van der Waals surface area contributed by atoms with E-state index in [4.69, 9.17) is 14.3 Å². The zero-order chi connectivity index (χ0) is 17.8. The number of anilines is 1. The fourth-order valence-corrected chi connectivity index (χ4v) is 4.46. The third kappa shape index (κ3) is 2.88. The van der Waals surface area contributed by atoms with E-state index in [2.05, 4.69) is 57.1 Å². The summed E-state index contributed by atoms with van der Waals surface area (Å²) in [5.74, 6) is 1.10. The molecular weight excluding hydrogens is 313 g/mol. The summed E-state index contributed by atoms with van der Waals surface area (Å²) in [6.07, 6.45) is 6.93. The van der Waals surface area contributed by atoms with Gasteiger partial charge in [-0.25, -0.2) is 4.98 Å². The van der Waals surface area contributed by atoms with Gasteiger partial charge in [0.25, 0.3) is 0 Å². The number of aromatic nitrogens is 1. The first-order valence-corrected chi connectivity index (χ1v) is 9.58. The van der Waals surface area contributed by atoms with Crippen LogP contribution in [0, 0.1) is 0 Å². The highest BCUT2D eigenvalue weighted by Gasteiger charge is 2.52. The molecule has 4 heterocycles. The van der Waals surface area contributed by atoms with E-state index in [1.807, 2.05) is 6.20 Å². The molecule has 136 valence electrons. The number of hydrogen-bond donors (Lipinski definition) is 1. The van der Waals surface area contributed by atoms with Crippen LogP contribution in [0.4, 0.5) is 5.82 Å². The Morgan fingerprint density at radius 1 is 1.08 bits per heavy atom. The molecule has 2 bridgehead atoms. The molecule has 3 aliphatic rings. The van der Waals surface area contributed by atoms with Crippen LogP contribution in [-0.4, -0.2) is 48.5 Å². The molecule has 0 spiro atoms. The molecule has 0 radical (unpaired) electrons. The maximum Gasteiger partial charge on any atom is 0.496 e. The largest absolute Gasteiger partial charge is 0.496 e. The van der Waals surface area contributed by atoms with Crippen LogP contribution in [0.3, 0.4) is 0 Å². The maximum absolute atomic E-state index is 6.13. The lowest BCUT2D eigenvalue weighted by Crippen LogP contribution is -2.49. The second-order valence-electron chi connectivity index (χ2n) is 8.79. The molecule has 2 atom stereocenters. The van der Waals surface area contributed by atoms with E-state index in [9.17, 15) is 0 Å². The number of nitrogens with one attached hydrogen (secondary N) is 1. The van der Waals surface area contributed by atoms with Crippen LogP contribution in [0.5, 0.6) is 0 Å². The normalized spacial score (nSPS) is 33.1. The van der Waals surface area contributed by atoms with E-state index < -0.39 is 0 Å². The fraction of sp³-hybridized carbons (Fsp3) is 0.737. The quantitative estimate of drug-likeness (QED) is 0.852. The van der Waals surface area contributed by atoms with Crippen molar-refractivity contribution in [3.8, 4) is 0 Å². The first-order valence-electron chi connectivity index (χ1n) is 9.58. The number of rotatable bonds is 3. The number of nitrogens with zero attached hydrogens (tertiary/aromatic N) is 2. The highest BCUT2D eigenvalue weighted by atomic mass is 16.7. The van der Waals surface area contributed by atoms with Crippen LogP contribution < -0.4 is 15.7 Å². The summed E-state index contributed by atoms with van der Waals surface area (Å²) in [6.45, 7) is 8.33. The molecule has 0 saturated carbocycles. The van der Waals surface area contributed by atoms with Crippen molar-refractivity contribution in [3.05, 3.63) is 18.3 Å². The topological polar surface area (TPSA) is 46.6 Å². The Morgan fingerprint density at radius 2 is 1.68 bits per heavy atom. The molecule has 1 aromatic heterocycles. The van der Waals surface area contributed by atoms with E-state index in [1.54, 1.807) is 0 Å². The van der Waals surface area contributed by atoms with Gasteiger partial charge in [0.05, 0.1) is 11.2 Å². The van der Waals surface area contributed by atoms with Crippen LogP contribution in [0.2, 0.25) is 0 Å². The summed E-state index contributed by atoms with van der Waals surface area (Å²) in [7, 11) is 1.75. The van der Waals surface area contributed by atoms with Crippen molar-refractivity contribution < 1.29 is 9.31 Å². The molecule has 1 N–H and O–H groups in total. The van der Waals surface area contributed by atoms with Crippen molar-refractivity contribution in [2.24, 2.45) is 0 Å². The molecule has 25 heavy (non-hydrogen) atoms. The minimum absolute atomic E-state index is 0.315. The average molecular weight is 343 g/mol. The van der Waals surface area contributed by atoms with E-state index in [0.717, 1.165) is 11.3 Å². The highest BCUT2D eigenvalue weighted by Crippen LogP contribution is 2.39. The van der Waals surface area contributed by atoms with Crippen LogP contribution in [0.25, 0.3) is 0 Å². The molecule has 0 amide bonds. The van der Waals surface area contributed by atoms with Gasteiger partial charge in [0.1, 0.15) is 5.82 Å². The Hall–Kier alpha value is -1.11. The summed E-state index contributed by atoms with van der Waals surface area (Å²) >= 11 is 0. The van der Waals surface area contributed by atoms with Gasteiger partial charge in [0, 0.05) is 29.8 Å². The SMILES string of the molecule is CNC1CC2CCC(C1)N2c1ccc(B2OC(C)(C)C(C)(C)O2)cn1. The molecule has 0 aliphatic carbocycles. The van der Waals surface area contributed by atoms with Gasteiger partial charge in [-0.2, -0.15) is 0 Å². The predicted octanol–water partition coefficient (Wildman–Crippen LogP) is 2.10. The molecule has 3 aliphatic heterocycles.